The molecule has 3 saturated carbocycles. The number of fused-ring (bicyclic) bond motifs is 5. The Morgan fingerprint density at radius 1 is 0.755 bits per heavy atom. The van der Waals surface area contributed by atoms with Gasteiger partial charge in [0.15, 0.2) is 0 Å². The second-order valence-electron chi connectivity index (χ2n) is 19.7. The number of ether oxygens (including phenoxy) is 3. The predicted octanol–water partition coefficient (Wildman–Crippen LogP) is 13.2. The molecule has 53 heavy (non-hydrogen) atoms. The molecule has 4 nitrogen and oxygen atoms in total. The molecular weight excluding hydrogens is 651 g/mol. The van der Waals surface area contributed by atoms with Crippen LogP contribution in [0.2, 0.25) is 0 Å². The summed E-state index contributed by atoms with van der Waals surface area (Å²) in [4.78, 5) is 2.24. The van der Waals surface area contributed by atoms with Crippen LogP contribution >= 0.6 is 0 Å². The average molecular weight is 740 g/mol. The third kappa shape index (κ3) is 13.5. The zero-order valence-electron chi connectivity index (χ0n) is 36.6. The third-order valence-electron chi connectivity index (χ3n) is 15.2. The van der Waals surface area contributed by atoms with Crippen molar-refractivity contribution >= 4 is 0 Å². The lowest BCUT2D eigenvalue weighted by Crippen LogP contribution is -2.51. The second kappa shape index (κ2) is 23.5. The molecule has 0 heterocycles. The first-order valence-electron chi connectivity index (χ1n) is 23.4. The highest BCUT2D eigenvalue weighted by Crippen LogP contribution is 2.67. The first kappa shape index (κ1) is 45.0. The van der Waals surface area contributed by atoms with E-state index in [0.29, 0.717) is 23.0 Å². The minimum absolute atomic E-state index is 0.330. The van der Waals surface area contributed by atoms with Gasteiger partial charge in [-0.3, -0.25) is 0 Å². The Kier molecular flexibility index (Phi) is 20.0. The number of unbranched alkanes of at least 4 members (excludes halogenated alkanes) is 8. The molecule has 4 aliphatic carbocycles. The highest BCUT2D eigenvalue weighted by Gasteiger charge is 2.59. The highest BCUT2D eigenvalue weighted by molar-refractivity contribution is 5.25. The molecule has 308 valence electrons. The van der Waals surface area contributed by atoms with Crippen molar-refractivity contribution in [3.63, 3.8) is 0 Å². The number of hydrogen-bond donors (Lipinski definition) is 0. The Bertz CT molecular complexity index is 1050. The van der Waals surface area contributed by atoms with E-state index in [1.54, 1.807) is 5.57 Å². The Morgan fingerprint density at radius 3 is 2.17 bits per heavy atom. The minimum Gasteiger partial charge on any atom is -0.380 e. The summed E-state index contributed by atoms with van der Waals surface area (Å²) in [5.74, 6) is 5.49. The summed E-state index contributed by atoms with van der Waals surface area (Å²) in [5.41, 5.74) is 2.79. The Morgan fingerprint density at radius 2 is 1.45 bits per heavy atom. The van der Waals surface area contributed by atoms with Gasteiger partial charge in [-0.05, 0) is 150 Å². The van der Waals surface area contributed by atoms with E-state index in [9.17, 15) is 0 Å². The number of rotatable bonds is 27. The van der Waals surface area contributed by atoms with Gasteiger partial charge in [0.1, 0.15) is 0 Å². The van der Waals surface area contributed by atoms with Gasteiger partial charge in [0, 0.05) is 19.8 Å². The Balaban J connectivity index is 1.05. The number of likely N-dealkylation sites (N-methyl/N-ethyl adjacent to an activating group) is 1. The van der Waals surface area contributed by atoms with Crippen molar-refractivity contribution in [1.29, 1.82) is 0 Å². The van der Waals surface area contributed by atoms with E-state index in [2.05, 4.69) is 78.8 Å². The lowest BCUT2D eigenvalue weighted by atomic mass is 9.47. The minimum atomic E-state index is 0.330. The molecule has 4 heteroatoms. The molecule has 0 aromatic rings. The van der Waals surface area contributed by atoms with E-state index < -0.39 is 0 Å². The molecule has 0 amide bonds. The van der Waals surface area contributed by atoms with Crippen molar-refractivity contribution in [1.82, 2.24) is 4.90 Å². The van der Waals surface area contributed by atoms with Gasteiger partial charge in [-0.2, -0.15) is 0 Å². The molecule has 0 aromatic heterocycles. The lowest BCUT2D eigenvalue weighted by Gasteiger charge is -2.58. The lowest BCUT2D eigenvalue weighted by molar-refractivity contribution is -0.0641. The van der Waals surface area contributed by atoms with Gasteiger partial charge in [0.25, 0.3) is 0 Å². The summed E-state index contributed by atoms with van der Waals surface area (Å²) in [7, 11) is 4.27. The summed E-state index contributed by atoms with van der Waals surface area (Å²) >= 11 is 0. The maximum atomic E-state index is 6.57. The van der Waals surface area contributed by atoms with Crippen LogP contribution in [-0.4, -0.2) is 64.2 Å². The van der Waals surface area contributed by atoms with E-state index in [1.807, 2.05) is 0 Å². The molecule has 0 radical (unpaired) electrons. The maximum absolute atomic E-state index is 6.57. The average Bonchev–Trinajstić information content (AvgIpc) is 3.49. The molecular formula is C49H89NO3. The van der Waals surface area contributed by atoms with Crippen LogP contribution in [0.3, 0.4) is 0 Å². The fourth-order valence-electron chi connectivity index (χ4n) is 11.7. The smallest absolute Gasteiger partial charge is 0.0644 e. The molecule has 0 saturated heterocycles. The van der Waals surface area contributed by atoms with E-state index in [4.69, 9.17) is 14.2 Å². The van der Waals surface area contributed by atoms with Crippen LogP contribution in [0.1, 0.15) is 183 Å². The molecule has 3 unspecified atom stereocenters. The SMILES string of the molecule is CCCCC/C=C\CCCOC[C@H](COCCCCCCCO[C@H]1CC[C@@]2(C)C(=CCC3C2CC[C@@]2(C)C3CC[C@@H]2[C@H](C)CCCC(C)C)C1)N(C)C. The molecule has 0 aromatic carbocycles. The van der Waals surface area contributed by atoms with Crippen LogP contribution in [0.5, 0.6) is 0 Å². The molecule has 9 atom stereocenters. The monoisotopic (exact) mass is 740 g/mol. The normalized spacial score (nSPS) is 31.1. The van der Waals surface area contributed by atoms with Crippen LogP contribution in [-0.2, 0) is 14.2 Å². The van der Waals surface area contributed by atoms with Crippen molar-refractivity contribution in [2.75, 3.05) is 47.1 Å². The van der Waals surface area contributed by atoms with Crippen molar-refractivity contribution in [3.8, 4) is 0 Å². The zero-order valence-corrected chi connectivity index (χ0v) is 36.6. The molecule has 3 fully saturated rings. The van der Waals surface area contributed by atoms with Gasteiger partial charge in [-0.25, -0.2) is 0 Å². The van der Waals surface area contributed by atoms with E-state index in [-0.39, 0.29) is 0 Å². The van der Waals surface area contributed by atoms with E-state index >= 15 is 0 Å². The van der Waals surface area contributed by atoms with Gasteiger partial charge >= 0.3 is 0 Å². The Hall–Kier alpha value is -0.680. The quantitative estimate of drug-likeness (QED) is 0.0620. The third-order valence-corrected chi connectivity index (χ3v) is 15.2. The summed E-state index contributed by atoms with van der Waals surface area (Å²) in [6, 6.07) is 0.330. The van der Waals surface area contributed by atoms with Crippen LogP contribution in [0.25, 0.3) is 0 Å². The fourth-order valence-corrected chi connectivity index (χ4v) is 11.7. The molecule has 0 spiro atoms. The van der Waals surface area contributed by atoms with Crippen LogP contribution in [0, 0.1) is 46.3 Å². The van der Waals surface area contributed by atoms with Crippen molar-refractivity contribution in [2.24, 2.45) is 46.3 Å². The number of hydrogen-bond acceptors (Lipinski definition) is 4. The fraction of sp³-hybridized carbons (Fsp3) is 0.918. The van der Waals surface area contributed by atoms with Crippen LogP contribution in [0.4, 0.5) is 0 Å². The van der Waals surface area contributed by atoms with Gasteiger partial charge in [0.05, 0.1) is 25.4 Å². The summed E-state index contributed by atoms with van der Waals surface area (Å²) in [6.07, 6.45) is 36.8. The van der Waals surface area contributed by atoms with Crippen LogP contribution < -0.4 is 0 Å². The molecule has 4 rings (SSSR count). The molecule has 4 aliphatic rings. The maximum Gasteiger partial charge on any atom is 0.0644 e. The largest absolute Gasteiger partial charge is 0.380 e. The van der Waals surface area contributed by atoms with Gasteiger partial charge in [0.2, 0.25) is 0 Å². The van der Waals surface area contributed by atoms with Crippen molar-refractivity contribution < 1.29 is 14.2 Å². The van der Waals surface area contributed by atoms with E-state index in [1.165, 1.54) is 122 Å². The molecule has 0 N–H and O–H groups in total. The topological polar surface area (TPSA) is 30.9 Å². The summed E-state index contributed by atoms with van der Waals surface area (Å²) in [5, 5.41) is 0. The van der Waals surface area contributed by atoms with Crippen molar-refractivity contribution in [2.45, 2.75) is 195 Å². The van der Waals surface area contributed by atoms with Gasteiger partial charge in [-0.15, -0.1) is 0 Å². The summed E-state index contributed by atoms with van der Waals surface area (Å²) < 4.78 is 18.7. The van der Waals surface area contributed by atoms with Crippen LogP contribution in [0.15, 0.2) is 23.8 Å². The number of allylic oxidation sites excluding steroid dienone is 3. The predicted molar refractivity (Wildman–Crippen MR) is 227 cm³/mol. The van der Waals surface area contributed by atoms with Gasteiger partial charge in [-0.1, -0.05) is 117 Å². The van der Waals surface area contributed by atoms with Crippen molar-refractivity contribution in [3.05, 3.63) is 23.8 Å². The summed E-state index contributed by atoms with van der Waals surface area (Å²) in [6.45, 7) is 19.2. The Labute approximate surface area is 330 Å². The second-order valence-corrected chi connectivity index (χ2v) is 19.7. The van der Waals surface area contributed by atoms with Gasteiger partial charge < -0.3 is 19.1 Å². The zero-order chi connectivity index (χ0) is 38.1. The first-order valence-corrected chi connectivity index (χ1v) is 23.4. The standard InChI is InChI=1S/C49H89NO3/c1-9-10-11-12-13-14-16-19-33-51-37-42(50(7)8)38-52-34-20-17-15-18-21-35-53-43-29-31-48(5)41(36-43)25-26-44-46-28-27-45(40(4)24-22-23-39(2)3)49(46,6)32-30-47(44)48/h13-14,25,39-40,42-47H,9-12,15-24,26-38H2,1-8H3/b14-13-/t40-,42-,43+,44?,45-,46?,47?,48+,49-/m1/s1. The molecule has 0 aliphatic heterocycles. The van der Waals surface area contributed by atoms with E-state index in [0.717, 1.165) is 87.8 Å². The number of nitrogens with zero attached hydrogens (tertiary/aromatic N) is 1. The highest BCUT2D eigenvalue weighted by atomic mass is 16.5. The molecule has 0 bridgehead atoms. The first-order chi connectivity index (χ1) is 25.6.